The Labute approximate surface area is 177 Å². The maximum Gasteiger partial charge on any atom is 0.152 e. The quantitative estimate of drug-likeness (QED) is 0.638. The van der Waals surface area contributed by atoms with E-state index in [0.717, 1.165) is 77.5 Å². The second-order valence-electron chi connectivity index (χ2n) is 7.56. The molecule has 0 atom stereocenters. The first kappa shape index (κ1) is 20.2. The van der Waals surface area contributed by atoms with E-state index < -0.39 is 0 Å². The smallest absolute Gasteiger partial charge is 0.152 e. The van der Waals surface area contributed by atoms with Gasteiger partial charge in [0.25, 0.3) is 0 Å². The van der Waals surface area contributed by atoms with Crippen molar-refractivity contribution in [2.45, 2.75) is 13.3 Å². The summed E-state index contributed by atoms with van der Waals surface area (Å²) >= 11 is 0. The van der Waals surface area contributed by atoms with E-state index in [1.54, 1.807) is 0 Å². The Bertz CT molecular complexity index is 1090. The zero-order valence-electron chi connectivity index (χ0n) is 17.5. The lowest BCUT2D eigenvalue weighted by Crippen LogP contribution is -2.44. The summed E-state index contributed by atoms with van der Waals surface area (Å²) in [5.41, 5.74) is 12.7. The molecule has 154 valence electrons. The van der Waals surface area contributed by atoms with Gasteiger partial charge in [-0.25, -0.2) is 4.98 Å². The van der Waals surface area contributed by atoms with Crippen molar-refractivity contribution < 1.29 is 0 Å². The van der Waals surface area contributed by atoms with Crippen molar-refractivity contribution >= 4 is 29.3 Å². The summed E-state index contributed by atoms with van der Waals surface area (Å²) in [7, 11) is 0. The molecule has 0 radical (unpaired) electrons. The molecule has 3 aromatic rings. The highest BCUT2D eigenvalue weighted by Gasteiger charge is 2.21. The number of nitrogens with two attached hydrogens (primary N) is 1. The minimum Gasteiger partial charge on any atom is -0.330 e. The number of nitrogens with zero attached hydrogens (tertiary/aromatic N) is 5. The zero-order valence-corrected chi connectivity index (χ0v) is 17.5. The molecule has 1 aromatic heterocycles. The average Bonchev–Trinajstić information content (AvgIpc) is 2.78. The molecule has 0 amide bonds. The lowest BCUT2D eigenvalue weighted by molar-refractivity contribution is 0.294. The summed E-state index contributed by atoms with van der Waals surface area (Å²) in [4.78, 5) is 18.3. The molecule has 0 aliphatic carbocycles. The Morgan fingerprint density at radius 2 is 1.90 bits per heavy atom. The highest BCUT2D eigenvalue weighted by atomic mass is 15.3. The lowest BCUT2D eigenvalue weighted by Gasteiger charge is -2.36. The SMILES string of the molecule is C=Nc1cc(-c2ccc3ncc(N4CCN(CC)CC4=C)nc3c2)ccc1CCN. The fourth-order valence-electron chi connectivity index (χ4n) is 3.94. The Balaban J connectivity index is 1.67. The molecule has 1 fully saturated rings. The van der Waals surface area contributed by atoms with Crippen LogP contribution in [0.1, 0.15) is 12.5 Å². The Kier molecular flexibility index (Phi) is 5.88. The predicted molar refractivity (Wildman–Crippen MR) is 126 cm³/mol. The molecule has 1 saturated heterocycles. The van der Waals surface area contributed by atoms with E-state index in [1.165, 1.54) is 0 Å². The topological polar surface area (TPSA) is 70.6 Å². The minimum atomic E-state index is 0.591. The third-order valence-electron chi connectivity index (χ3n) is 5.68. The Hall–Kier alpha value is -3.09. The Morgan fingerprint density at radius 1 is 1.10 bits per heavy atom. The second kappa shape index (κ2) is 8.73. The number of anilines is 1. The van der Waals surface area contributed by atoms with Crippen molar-refractivity contribution in [3.63, 3.8) is 0 Å². The molecule has 0 spiro atoms. The predicted octanol–water partition coefficient (Wildman–Crippen LogP) is 3.79. The monoisotopic (exact) mass is 400 g/mol. The molecule has 4 rings (SSSR count). The maximum absolute atomic E-state index is 5.71. The van der Waals surface area contributed by atoms with Gasteiger partial charge in [0.1, 0.15) is 0 Å². The number of rotatable bonds is 6. The van der Waals surface area contributed by atoms with Gasteiger partial charge in [0.15, 0.2) is 5.82 Å². The van der Waals surface area contributed by atoms with E-state index in [1.807, 2.05) is 12.3 Å². The maximum atomic E-state index is 5.71. The number of aromatic nitrogens is 2. The van der Waals surface area contributed by atoms with Gasteiger partial charge in [0, 0.05) is 25.3 Å². The molecule has 2 N–H and O–H groups in total. The number of hydrogen-bond donors (Lipinski definition) is 1. The highest BCUT2D eigenvalue weighted by molar-refractivity contribution is 5.83. The van der Waals surface area contributed by atoms with Gasteiger partial charge in [-0.05, 0) is 61.1 Å². The standard InChI is InChI=1S/C24H28N6/c1-4-29-11-12-30(17(2)16-29)24-15-27-21-8-7-20(14-23(21)28-24)19-6-5-18(9-10-25)22(13-19)26-3/h5-8,13-15H,2-4,9-12,16,25H2,1H3. The normalized spacial score (nSPS) is 15.0. The van der Waals surface area contributed by atoms with E-state index in [0.29, 0.717) is 6.54 Å². The molecular weight excluding hydrogens is 372 g/mol. The van der Waals surface area contributed by atoms with Crippen LogP contribution in [-0.2, 0) is 6.42 Å². The van der Waals surface area contributed by atoms with Crippen molar-refractivity contribution in [2.75, 3.05) is 37.6 Å². The molecule has 1 aliphatic heterocycles. The van der Waals surface area contributed by atoms with Crippen LogP contribution in [0.2, 0.25) is 0 Å². The second-order valence-corrected chi connectivity index (χ2v) is 7.56. The van der Waals surface area contributed by atoms with Crippen molar-refractivity contribution in [2.24, 2.45) is 10.7 Å². The van der Waals surface area contributed by atoms with Crippen molar-refractivity contribution in [3.8, 4) is 11.1 Å². The van der Waals surface area contributed by atoms with Gasteiger partial charge in [-0.15, -0.1) is 0 Å². The number of piperazine rings is 1. The lowest BCUT2D eigenvalue weighted by atomic mass is 10.0. The highest BCUT2D eigenvalue weighted by Crippen LogP contribution is 2.30. The van der Waals surface area contributed by atoms with Crippen LogP contribution < -0.4 is 10.6 Å². The summed E-state index contributed by atoms with van der Waals surface area (Å²) in [6.45, 7) is 14.5. The van der Waals surface area contributed by atoms with Gasteiger partial charge in [-0.2, -0.15) is 0 Å². The van der Waals surface area contributed by atoms with Crippen LogP contribution in [0.3, 0.4) is 0 Å². The van der Waals surface area contributed by atoms with Crippen LogP contribution >= 0.6 is 0 Å². The van der Waals surface area contributed by atoms with E-state index in [9.17, 15) is 0 Å². The number of aliphatic imine (C=N–C) groups is 1. The van der Waals surface area contributed by atoms with Crippen LogP contribution in [0.5, 0.6) is 0 Å². The summed E-state index contributed by atoms with van der Waals surface area (Å²) in [6.07, 6.45) is 2.63. The largest absolute Gasteiger partial charge is 0.330 e. The van der Waals surface area contributed by atoms with Crippen molar-refractivity contribution in [3.05, 3.63) is 60.4 Å². The van der Waals surface area contributed by atoms with E-state index in [2.05, 4.69) is 70.3 Å². The molecule has 30 heavy (non-hydrogen) atoms. The molecule has 2 heterocycles. The Morgan fingerprint density at radius 3 is 2.63 bits per heavy atom. The van der Waals surface area contributed by atoms with Gasteiger partial charge in [-0.3, -0.25) is 14.9 Å². The number of benzene rings is 2. The van der Waals surface area contributed by atoms with Gasteiger partial charge in [0.05, 0.1) is 22.9 Å². The van der Waals surface area contributed by atoms with Crippen LogP contribution in [-0.4, -0.2) is 54.3 Å². The van der Waals surface area contributed by atoms with E-state index in [-0.39, 0.29) is 0 Å². The van der Waals surface area contributed by atoms with Crippen LogP contribution in [0.25, 0.3) is 22.2 Å². The van der Waals surface area contributed by atoms with Crippen LogP contribution in [0, 0.1) is 0 Å². The number of likely N-dealkylation sites (N-methyl/N-ethyl adjacent to an activating group) is 1. The van der Waals surface area contributed by atoms with Crippen LogP contribution in [0.4, 0.5) is 11.5 Å². The molecule has 0 unspecified atom stereocenters. The third kappa shape index (κ3) is 3.97. The van der Waals surface area contributed by atoms with Crippen molar-refractivity contribution in [1.82, 2.24) is 14.9 Å². The minimum absolute atomic E-state index is 0.591. The zero-order chi connectivity index (χ0) is 21.1. The fraction of sp³-hybridized carbons (Fsp3) is 0.292. The first-order valence-corrected chi connectivity index (χ1v) is 10.4. The summed E-state index contributed by atoms with van der Waals surface area (Å²) in [6, 6.07) is 12.4. The van der Waals surface area contributed by atoms with Crippen LogP contribution in [0.15, 0.2) is 59.9 Å². The average molecular weight is 401 g/mol. The van der Waals surface area contributed by atoms with Gasteiger partial charge in [-0.1, -0.05) is 31.7 Å². The summed E-state index contributed by atoms with van der Waals surface area (Å²) in [5, 5.41) is 0. The van der Waals surface area contributed by atoms with E-state index >= 15 is 0 Å². The van der Waals surface area contributed by atoms with Gasteiger partial charge < -0.3 is 10.6 Å². The summed E-state index contributed by atoms with van der Waals surface area (Å²) < 4.78 is 0. The summed E-state index contributed by atoms with van der Waals surface area (Å²) in [5.74, 6) is 0.854. The molecule has 6 nitrogen and oxygen atoms in total. The number of fused-ring (bicyclic) bond motifs is 1. The first-order chi connectivity index (χ1) is 14.6. The molecule has 0 bridgehead atoms. The third-order valence-corrected chi connectivity index (χ3v) is 5.68. The van der Waals surface area contributed by atoms with Crippen molar-refractivity contribution in [1.29, 1.82) is 0 Å². The molecule has 2 aromatic carbocycles. The van der Waals surface area contributed by atoms with E-state index in [4.69, 9.17) is 10.7 Å². The molecular formula is C24H28N6. The molecule has 0 saturated carbocycles. The fourth-order valence-corrected chi connectivity index (χ4v) is 3.94. The molecule has 6 heteroatoms. The van der Waals surface area contributed by atoms with Gasteiger partial charge >= 0.3 is 0 Å². The molecule has 1 aliphatic rings. The number of hydrogen-bond acceptors (Lipinski definition) is 6. The van der Waals surface area contributed by atoms with Gasteiger partial charge in [0.2, 0.25) is 0 Å². The first-order valence-electron chi connectivity index (χ1n) is 10.4.